The van der Waals surface area contributed by atoms with Crippen LogP contribution in [0, 0.1) is 20.8 Å². The first-order valence-electron chi connectivity index (χ1n) is 8.55. The average molecular weight is 389 g/mol. The first kappa shape index (κ1) is 19.0. The standard InChI is InChI=1S/C19H21ClN4O3/c1-9-7-12(8-10(2)16(9)20)26-18(25)17-11(3)15-13(23-24-19(21)22)5-4-6-14(15)27-17/h7-8H,4-6H2,1-3H3,(H4,21,22,24)/b23-13+. The molecular weight excluding hydrogens is 368 g/mol. The molecule has 1 aromatic heterocycles. The monoisotopic (exact) mass is 388 g/mol. The predicted octanol–water partition coefficient (Wildman–Crippen LogP) is 3.39. The zero-order chi connectivity index (χ0) is 19.7. The Kier molecular flexibility index (Phi) is 5.23. The lowest BCUT2D eigenvalue weighted by atomic mass is 9.93. The molecule has 27 heavy (non-hydrogen) atoms. The molecule has 0 bridgehead atoms. The summed E-state index contributed by atoms with van der Waals surface area (Å²) in [5, 5.41) is 8.48. The summed E-state index contributed by atoms with van der Waals surface area (Å²) in [5.74, 6) is 0.582. The Balaban J connectivity index is 1.93. The quantitative estimate of drug-likeness (QED) is 0.275. The van der Waals surface area contributed by atoms with Gasteiger partial charge < -0.3 is 20.6 Å². The number of nitrogens with two attached hydrogens (primary N) is 2. The number of aryl methyl sites for hydroxylation is 3. The Morgan fingerprint density at radius 3 is 2.48 bits per heavy atom. The van der Waals surface area contributed by atoms with E-state index in [0.717, 1.165) is 23.1 Å². The Hall–Kier alpha value is -2.80. The smallest absolute Gasteiger partial charge is 0.379 e. The van der Waals surface area contributed by atoms with Crippen molar-refractivity contribution in [1.29, 1.82) is 0 Å². The van der Waals surface area contributed by atoms with Crippen molar-refractivity contribution in [2.45, 2.75) is 40.0 Å². The maximum absolute atomic E-state index is 12.7. The Morgan fingerprint density at radius 2 is 1.85 bits per heavy atom. The molecule has 1 aliphatic carbocycles. The van der Waals surface area contributed by atoms with Gasteiger partial charge in [0.15, 0.2) is 0 Å². The van der Waals surface area contributed by atoms with E-state index in [2.05, 4.69) is 10.2 Å². The first-order chi connectivity index (χ1) is 12.8. The second-order valence-corrected chi connectivity index (χ2v) is 6.92. The maximum Gasteiger partial charge on any atom is 0.379 e. The normalized spacial score (nSPS) is 14.7. The molecule has 0 amide bonds. The van der Waals surface area contributed by atoms with Crippen LogP contribution in [-0.4, -0.2) is 17.6 Å². The summed E-state index contributed by atoms with van der Waals surface area (Å²) in [6.45, 7) is 5.51. The number of furan rings is 1. The van der Waals surface area contributed by atoms with Crippen molar-refractivity contribution in [1.82, 2.24) is 0 Å². The minimum absolute atomic E-state index is 0.121. The molecule has 0 saturated heterocycles. The van der Waals surface area contributed by atoms with E-state index in [1.807, 2.05) is 13.8 Å². The van der Waals surface area contributed by atoms with Gasteiger partial charge in [0.1, 0.15) is 11.5 Å². The average Bonchev–Trinajstić information content (AvgIpc) is 2.95. The Labute approximate surface area is 162 Å². The Morgan fingerprint density at radius 1 is 1.19 bits per heavy atom. The predicted molar refractivity (Wildman–Crippen MR) is 105 cm³/mol. The van der Waals surface area contributed by atoms with E-state index in [0.29, 0.717) is 40.6 Å². The van der Waals surface area contributed by atoms with Crippen molar-refractivity contribution in [2.75, 3.05) is 0 Å². The number of benzene rings is 1. The first-order valence-corrected chi connectivity index (χ1v) is 8.92. The molecule has 0 fully saturated rings. The molecule has 7 nitrogen and oxygen atoms in total. The molecular formula is C19H21ClN4O3. The van der Waals surface area contributed by atoms with Crippen LogP contribution in [-0.2, 0) is 6.42 Å². The fourth-order valence-corrected chi connectivity index (χ4v) is 3.31. The van der Waals surface area contributed by atoms with Gasteiger partial charge in [0.05, 0.1) is 5.71 Å². The van der Waals surface area contributed by atoms with Crippen LogP contribution in [0.3, 0.4) is 0 Å². The second kappa shape index (κ2) is 7.44. The second-order valence-electron chi connectivity index (χ2n) is 6.54. The number of nitrogens with zero attached hydrogens (tertiary/aromatic N) is 2. The summed E-state index contributed by atoms with van der Waals surface area (Å²) in [6.07, 6.45) is 2.25. The van der Waals surface area contributed by atoms with Gasteiger partial charge in [0, 0.05) is 22.6 Å². The van der Waals surface area contributed by atoms with Gasteiger partial charge >= 0.3 is 5.97 Å². The molecule has 1 aromatic carbocycles. The summed E-state index contributed by atoms with van der Waals surface area (Å²) in [7, 11) is 0. The van der Waals surface area contributed by atoms with Crippen molar-refractivity contribution in [3.8, 4) is 5.75 Å². The number of esters is 1. The van der Waals surface area contributed by atoms with E-state index in [-0.39, 0.29) is 11.7 Å². The van der Waals surface area contributed by atoms with Crippen LogP contribution < -0.4 is 16.2 Å². The van der Waals surface area contributed by atoms with E-state index >= 15 is 0 Å². The number of rotatable bonds is 3. The van der Waals surface area contributed by atoms with Gasteiger partial charge in [-0.3, -0.25) is 0 Å². The van der Waals surface area contributed by atoms with Crippen LogP contribution in [0.2, 0.25) is 5.02 Å². The van der Waals surface area contributed by atoms with Crippen LogP contribution >= 0.6 is 11.6 Å². The van der Waals surface area contributed by atoms with Crippen LogP contribution in [0.4, 0.5) is 0 Å². The number of halogens is 1. The molecule has 4 N–H and O–H groups in total. The van der Waals surface area contributed by atoms with E-state index in [1.54, 1.807) is 19.1 Å². The highest BCUT2D eigenvalue weighted by atomic mass is 35.5. The number of carbonyl (C=O) groups excluding carboxylic acids is 1. The molecule has 0 radical (unpaired) electrons. The van der Waals surface area contributed by atoms with Crippen molar-refractivity contribution in [3.05, 3.63) is 50.9 Å². The van der Waals surface area contributed by atoms with E-state index in [4.69, 9.17) is 32.2 Å². The topological polar surface area (TPSA) is 116 Å². The fourth-order valence-electron chi connectivity index (χ4n) is 3.20. The van der Waals surface area contributed by atoms with Gasteiger partial charge in [-0.05, 0) is 56.9 Å². The van der Waals surface area contributed by atoms with Gasteiger partial charge in [0.2, 0.25) is 11.7 Å². The number of guanidine groups is 1. The number of hydrogen-bond donors (Lipinski definition) is 2. The third kappa shape index (κ3) is 3.83. The molecule has 142 valence electrons. The van der Waals surface area contributed by atoms with Crippen LogP contribution in [0.5, 0.6) is 5.75 Å². The molecule has 8 heteroatoms. The summed E-state index contributed by atoms with van der Waals surface area (Å²) >= 11 is 6.16. The molecule has 0 spiro atoms. The molecule has 0 aliphatic heterocycles. The van der Waals surface area contributed by atoms with Crippen LogP contribution in [0.25, 0.3) is 0 Å². The van der Waals surface area contributed by atoms with E-state index in [1.165, 1.54) is 0 Å². The van der Waals surface area contributed by atoms with Crippen molar-refractivity contribution in [2.24, 2.45) is 21.7 Å². The highest BCUT2D eigenvalue weighted by Crippen LogP contribution is 2.31. The fraction of sp³-hybridized carbons (Fsp3) is 0.316. The lowest BCUT2D eigenvalue weighted by Crippen LogP contribution is -2.22. The molecule has 0 unspecified atom stereocenters. The lowest BCUT2D eigenvalue weighted by molar-refractivity contribution is 0.0698. The minimum atomic E-state index is -0.566. The van der Waals surface area contributed by atoms with Crippen molar-refractivity contribution >= 4 is 29.2 Å². The zero-order valence-electron chi connectivity index (χ0n) is 15.4. The van der Waals surface area contributed by atoms with E-state index in [9.17, 15) is 4.79 Å². The summed E-state index contributed by atoms with van der Waals surface area (Å²) in [6, 6.07) is 3.44. The molecule has 0 atom stereocenters. The van der Waals surface area contributed by atoms with Crippen LogP contribution in [0.15, 0.2) is 26.8 Å². The van der Waals surface area contributed by atoms with Crippen molar-refractivity contribution < 1.29 is 13.9 Å². The minimum Gasteiger partial charge on any atom is -0.453 e. The number of ether oxygens (including phenoxy) is 1. The highest BCUT2D eigenvalue weighted by molar-refractivity contribution is 6.32. The largest absolute Gasteiger partial charge is 0.453 e. The van der Waals surface area contributed by atoms with Crippen LogP contribution in [0.1, 0.15) is 51.4 Å². The third-order valence-corrected chi connectivity index (χ3v) is 5.01. The molecule has 3 rings (SSSR count). The molecule has 0 saturated carbocycles. The van der Waals surface area contributed by atoms with Gasteiger partial charge in [0.25, 0.3) is 0 Å². The lowest BCUT2D eigenvalue weighted by Gasteiger charge is -2.11. The SMILES string of the molecule is Cc1cc(OC(=O)c2oc3c(c2C)/C(=N/N=C(N)N)CCC3)cc(C)c1Cl. The summed E-state index contributed by atoms with van der Waals surface area (Å²) in [5.41, 5.74) is 14.5. The van der Waals surface area contributed by atoms with Gasteiger partial charge in [-0.1, -0.05) is 11.6 Å². The summed E-state index contributed by atoms with van der Waals surface area (Å²) in [4.78, 5) is 12.7. The zero-order valence-corrected chi connectivity index (χ0v) is 16.2. The van der Waals surface area contributed by atoms with Gasteiger partial charge in [-0.15, -0.1) is 5.10 Å². The molecule has 1 heterocycles. The maximum atomic E-state index is 12.7. The van der Waals surface area contributed by atoms with Crippen molar-refractivity contribution in [3.63, 3.8) is 0 Å². The number of hydrogen-bond acceptors (Lipinski definition) is 5. The van der Waals surface area contributed by atoms with E-state index < -0.39 is 5.97 Å². The van der Waals surface area contributed by atoms with Gasteiger partial charge in [-0.25, -0.2) is 4.79 Å². The van der Waals surface area contributed by atoms with Gasteiger partial charge in [-0.2, -0.15) is 5.10 Å². The third-order valence-electron chi connectivity index (χ3n) is 4.42. The molecule has 2 aromatic rings. The number of carbonyl (C=O) groups is 1. The Bertz CT molecular complexity index is 949. The molecule has 1 aliphatic rings. The number of fused-ring (bicyclic) bond motifs is 1. The highest BCUT2D eigenvalue weighted by Gasteiger charge is 2.29. The summed E-state index contributed by atoms with van der Waals surface area (Å²) < 4.78 is 11.3.